The zero-order chi connectivity index (χ0) is 11.1. The molecular weight excluding hydrogens is 180 g/mol. The molecule has 0 heterocycles. The lowest BCUT2D eigenvalue weighted by molar-refractivity contribution is -0.149. The fourth-order valence-corrected chi connectivity index (χ4v) is 1.01. The van der Waals surface area contributed by atoms with E-state index in [0.29, 0.717) is 13.0 Å². The van der Waals surface area contributed by atoms with Crippen LogP contribution in [0.25, 0.3) is 0 Å². The maximum atomic E-state index is 11.2. The summed E-state index contributed by atoms with van der Waals surface area (Å²) in [4.78, 5) is 11.2. The molecule has 3 nitrogen and oxygen atoms in total. The second kappa shape index (κ2) is 6.82. The molecule has 0 rings (SSSR count). The minimum atomic E-state index is -0.139. The molecule has 0 radical (unpaired) electrons. The largest absolute Gasteiger partial charge is 0.463 e. The van der Waals surface area contributed by atoms with E-state index in [1.54, 1.807) is 0 Å². The van der Waals surface area contributed by atoms with E-state index in [9.17, 15) is 4.79 Å². The fraction of sp³-hybridized carbons (Fsp3) is 0.909. The van der Waals surface area contributed by atoms with Gasteiger partial charge < -0.3 is 9.47 Å². The number of esters is 1. The molecule has 1 atom stereocenters. The van der Waals surface area contributed by atoms with Crippen LogP contribution < -0.4 is 0 Å². The topological polar surface area (TPSA) is 35.5 Å². The van der Waals surface area contributed by atoms with Gasteiger partial charge in [0.2, 0.25) is 0 Å². The third kappa shape index (κ3) is 8.05. The van der Waals surface area contributed by atoms with Gasteiger partial charge in [0.25, 0.3) is 0 Å². The molecule has 0 aliphatic rings. The summed E-state index contributed by atoms with van der Waals surface area (Å²) in [6, 6.07) is 0. The molecule has 14 heavy (non-hydrogen) atoms. The summed E-state index contributed by atoms with van der Waals surface area (Å²) in [6.07, 6.45) is 0.629. The van der Waals surface area contributed by atoms with Crippen molar-refractivity contribution in [1.82, 2.24) is 0 Å². The lowest BCUT2D eigenvalue weighted by Crippen LogP contribution is -2.18. The normalized spacial score (nSPS) is 13.4. The highest BCUT2D eigenvalue weighted by molar-refractivity contribution is 5.69. The van der Waals surface area contributed by atoms with Crippen LogP contribution in [0.2, 0.25) is 0 Å². The van der Waals surface area contributed by atoms with Crippen molar-refractivity contribution in [3.63, 3.8) is 0 Å². The summed E-state index contributed by atoms with van der Waals surface area (Å²) in [6.45, 7) is 10.3. The zero-order valence-electron chi connectivity index (χ0n) is 9.87. The van der Waals surface area contributed by atoms with Gasteiger partial charge >= 0.3 is 5.97 Å². The van der Waals surface area contributed by atoms with Gasteiger partial charge in [-0.25, -0.2) is 0 Å². The molecule has 0 aromatic carbocycles. The summed E-state index contributed by atoms with van der Waals surface area (Å²) >= 11 is 0. The molecule has 3 heteroatoms. The SMILES string of the molecule is CC(COC(C)C)CC(=O)OC(C)C. The van der Waals surface area contributed by atoms with Crippen molar-refractivity contribution in [2.45, 2.75) is 53.2 Å². The quantitative estimate of drug-likeness (QED) is 0.620. The van der Waals surface area contributed by atoms with Crippen molar-refractivity contribution in [1.29, 1.82) is 0 Å². The highest BCUT2D eigenvalue weighted by atomic mass is 16.5. The minimum absolute atomic E-state index is 0.0271. The molecule has 0 aliphatic heterocycles. The molecular formula is C11H22O3. The fourth-order valence-electron chi connectivity index (χ4n) is 1.01. The Balaban J connectivity index is 3.60. The van der Waals surface area contributed by atoms with Crippen molar-refractivity contribution < 1.29 is 14.3 Å². The molecule has 0 aromatic heterocycles. The van der Waals surface area contributed by atoms with E-state index in [0.717, 1.165) is 0 Å². The first kappa shape index (κ1) is 13.4. The molecule has 0 aliphatic carbocycles. The van der Waals surface area contributed by atoms with Gasteiger partial charge in [0.05, 0.1) is 25.2 Å². The Morgan fingerprint density at radius 2 is 1.64 bits per heavy atom. The number of carbonyl (C=O) groups excluding carboxylic acids is 1. The summed E-state index contributed by atoms with van der Waals surface area (Å²) in [7, 11) is 0. The zero-order valence-corrected chi connectivity index (χ0v) is 9.87. The van der Waals surface area contributed by atoms with E-state index in [2.05, 4.69) is 0 Å². The third-order valence-electron chi connectivity index (χ3n) is 1.60. The van der Waals surface area contributed by atoms with Crippen LogP contribution in [0.15, 0.2) is 0 Å². The van der Waals surface area contributed by atoms with Crippen molar-refractivity contribution >= 4 is 5.97 Å². The Labute approximate surface area is 86.8 Å². The third-order valence-corrected chi connectivity index (χ3v) is 1.60. The van der Waals surface area contributed by atoms with Crippen molar-refractivity contribution in [2.75, 3.05) is 6.61 Å². The van der Waals surface area contributed by atoms with E-state index < -0.39 is 0 Å². The van der Waals surface area contributed by atoms with Gasteiger partial charge in [-0.05, 0) is 33.6 Å². The highest BCUT2D eigenvalue weighted by Gasteiger charge is 2.12. The summed E-state index contributed by atoms with van der Waals surface area (Å²) in [5.74, 6) is 0.0866. The Hall–Kier alpha value is -0.570. The second-order valence-electron chi connectivity index (χ2n) is 4.23. The molecule has 0 saturated heterocycles. The summed E-state index contributed by atoms with van der Waals surface area (Å²) in [5, 5.41) is 0. The van der Waals surface area contributed by atoms with E-state index in [1.807, 2.05) is 34.6 Å². The Morgan fingerprint density at radius 1 is 1.07 bits per heavy atom. The number of ether oxygens (including phenoxy) is 2. The number of hydrogen-bond donors (Lipinski definition) is 0. The average Bonchev–Trinajstić information content (AvgIpc) is 1.98. The lowest BCUT2D eigenvalue weighted by Gasteiger charge is -2.14. The summed E-state index contributed by atoms with van der Waals surface area (Å²) in [5.41, 5.74) is 0. The van der Waals surface area contributed by atoms with Crippen LogP contribution >= 0.6 is 0 Å². The number of carbonyl (C=O) groups is 1. The van der Waals surface area contributed by atoms with Crippen LogP contribution in [0.3, 0.4) is 0 Å². The van der Waals surface area contributed by atoms with Crippen LogP contribution in [0.4, 0.5) is 0 Å². The van der Waals surface area contributed by atoms with Gasteiger partial charge in [0.15, 0.2) is 0 Å². The molecule has 0 fully saturated rings. The molecule has 0 bridgehead atoms. The van der Waals surface area contributed by atoms with E-state index in [1.165, 1.54) is 0 Å². The second-order valence-corrected chi connectivity index (χ2v) is 4.23. The van der Waals surface area contributed by atoms with E-state index >= 15 is 0 Å². The molecule has 0 aromatic rings. The number of hydrogen-bond acceptors (Lipinski definition) is 3. The molecule has 84 valence electrons. The van der Waals surface area contributed by atoms with Crippen molar-refractivity contribution in [3.8, 4) is 0 Å². The first-order chi connectivity index (χ1) is 6.41. The molecule has 1 unspecified atom stereocenters. The van der Waals surface area contributed by atoms with Gasteiger partial charge in [-0.3, -0.25) is 4.79 Å². The minimum Gasteiger partial charge on any atom is -0.463 e. The van der Waals surface area contributed by atoms with Gasteiger partial charge in [0.1, 0.15) is 0 Å². The standard InChI is InChI=1S/C11H22O3/c1-8(2)13-7-10(5)6-11(12)14-9(3)4/h8-10H,6-7H2,1-5H3. The van der Waals surface area contributed by atoms with Crippen LogP contribution in [0.5, 0.6) is 0 Å². The molecule has 0 spiro atoms. The maximum absolute atomic E-state index is 11.2. The smallest absolute Gasteiger partial charge is 0.306 e. The van der Waals surface area contributed by atoms with E-state index in [-0.39, 0.29) is 24.1 Å². The first-order valence-electron chi connectivity index (χ1n) is 5.23. The Kier molecular flexibility index (Phi) is 6.54. The maximum Gasteiger partial charge on any atom is 0.306 e. The number of rotatable bonds is 6. The first-order valence-corrected chi connectivity index (χ1v) is 5.23. The van der Waals surface area contributed by atoms with Crippen LogP contribution in [0.1, 0.15) is 41.0 Å². The van der Waals surface area contributed by atoms with Crippen LogP contribution in [-0.4, -0.2) is 24.8 Å². The van der Waals surface area contributed by atoms with Crippen LogP contribution in [0, 0.1) is 5.92 Å². The molecule has 0 amide bonds. The van der Waals surface area contributed by atoms with Gasteiger partial charge in [0, 0.05) is 0 Å². The van der Waals surface area contributed by atoms with Gasteiger partial charge in [-0.1, -0.05) is 6.92 Å². The Bertz CT molecular complexity index is 164. The van der Waals surface area contributed by atoms with Gasteiger partial charge in [-0.2, -0.15) is 0 Å². The van der Waals surface area contributed by atoms with E-state index in [4.69, 9.17) is 9.47 Å². The summed E-state index contributed by atoms with van der Waals surface area (Å²) < 4.78 is 10.4. The predicted octanol–water partition coefficient (Wildman–Crippen LogP) is 2.39. The predicted molar refractivity (Wildman–Crippen MR) is 56.1 cm³/mol. The lowest BCUT2D eigenvalue weighted by atomic mass is 10.1. The average molecular weight is 202 g/mol. The van der Waals surface area contributed by atoms with Gasteiger partial charge in [-0.15, -0.1) is 0 Å². The van der Waals surface area contributed by atoms with Crippen LogP contribution in [-0.2, 0) is 14.3 Å². The molecule has 0 N–H and O–H groups in total. The molecule has 0 saturated carbocycles. The van der Waals surface area contributed by atoms with Crippen molar-refractivity contribution in [3.05, 3.63) is 0 Å². The van der Waals surface area contributed by atoms with Crippen molar-refractivity contribution in [2.24, 2.45) is 5.92 Å². The Morgan fingerprint density at radius 3 is 2.07 bits per heavy atom. The highest BCUT2D eigenvalue weighted by Crippen LogP contribution is 2.06. The monoisotopic (exact) mass is 202 g/mol.